The molecule has 1 aromatic carbocycles. The Kier molecular flexibility index (Phi) is 3.78. The topological polar surface area (TPSA) is 88.9 Å². The molecule has 5 rings (SSSR count). The zero-order valence-corrected chi connectivity index (χ0v) is 15.0. The summed E-state index contributed by atoms with van der Waals surface area (Å²) in [5.74, 6) is 0.657. The van der Waals surface area contributed by atoms with Crippen LogP contribution in [0.25, 0.3) is 11.4 Å². The van der Waals surface area contributed by atoms with Crippen molar-refractivity contribution in [3.8, 4) is 11.4 Å². The third-order valence-electron chi connectivity index (χ3n) is 5.35. The molecule has 0 unspecified atom stereocenters. The highest BCUT2D eigenvalue weighted by molar-refractivity contribution is 5.94. The van der Waals surface area contributed by atoms with Crippen molar-refractivity contribution in [2.45, 2.75) is 32.1 Å². The molecule has 3 aromatic rings. The van der Waals surface area contributed by atoms with Gasteiger partial charge in [-0.15, -0.1) is 5.10 Å². The Morgan fingerprint density at radius 3 is 3.00 bits per heavy atom. The second-order valence-corrected chi connectivity index (χ2v) is 7.05. The van der Waals surface area contributed by atoms with Gasteiger partial charge in [-0.25, -0.2) is 9.67 Å². The second-order valence-electron chi connectivity index (χ2n) is 7.05. The van der Waals surface area contributed by atoms with E-state index in [4.69, 9.17) is 4.74 Å². The molecule has 1 saturated heterocycles. The lowest BCUT2D eigenvalue weighted by molar-refractivity contribution is -0.0628. The highest BCUT2D eigenvalue weighted by Gasteiger charge is 2.38. The van der Waals surface area contributed by atoms with Crippen LogP contribution in [0.15, 0.2) is 36.5 Å². The van der Waals surface area contributed by atoms with Gasteiger partial charge in [0, 0.05) is 24.3 Å². The van der Waals surface area contributed by atoms with Crippen molar-refractivity contribution in [3.63, 3.8) is 0 Å². The van der Waals surface area contributed by atoms with E-state index >= 15 is 0 Å². The van der Waals surface area contributed by atoms with Crippen molar-refractivity contribution in [1.29, 1.82) is 0 Å². The number of benzene rings is 1. The number of hydrogen-bond donors (Lipinski definition) is 1. The van der Waals surface area contributed by atoms with Gasteiger partial charge in [-0.1, -0.05) is 35.5 Å². The third kappa shape index (κ3) is 2.73. The van der Waals surface area contributed by atoms with Crippen LogP contribution in [-0.2, 0) is 11.3 Å². The van der Waals surface area contributed by atoms with Gasteiger partial charge >= 0.3 is 0 Å². The van der Waals surface area contributed by atoms with Gasteiger partial charge < -0.3 is 14.6 Å². The molecular formula is C19H20N6O2. The zero-order valence-electron chi connectivity index (χ0n) is 15.0. The van der Waals surface area contributed by atoms with E-state index in [2.05, 4.69) is 20.3 Å². The molecule has 4 heterocycles. The Bertz CT molecular complexity index is 979. The van der Waals surface area contributed by atoms with Gasteiger partial charge in [-0.3, -0.25) is 4.79 Å². The predicted molar refractivity (Wildman–Crippen MR) is 96.9 cm³/mol. The Morgan fingerprint density at radius 1 is 1.30 bits per heavy atom. The number of likely N-dealkylation sites (tertiary alicyclic amines) is 1. The number of amides is 1. The summed E-state index contributed by atoms with van der Waals surface area (Å²) < 4.78 is 7.91. The molecule has 0 radical (unpaired) electrons. The van der Waals surface area contributed by atoms with Crippen LogP contribution >= 0.6 is 0 Å². The van der Waals surface area contributed by atoms with Crippen LogP contribution in [0.5, 0.6) is 0 Å². The van der Waals surface area contributed by atoms with Crippen molar-refractivity contribution in [2.24, 2.45) is 0 Å². The highest BCUT2D eigenvalue weighted by Crippen LogP contribution is 2.31. The van der Waals surface area contributed by atoms with Crippen LogP contribution in [0.3, 0.4) is 0 Å². The molecule has 1 N–H and O–H groups in total. The number of H-pyrrole nitrogens is 1. The molecule has 0 saturated carbocycles. The van der Waals surface area contributed by atoms with E-state index in [9.17, 15) is 4.79 Å². The maximum atomic E-state index is 13.1. The number of imidazole rings is 1. The standard InChI is InChI=1S/C19H20N6O2/c1-12-17(22-18(21-12)13-5-3-2-4-6-13)19(26)24-8-7-15-16(10-24)27-11-14-9-20-23-25(14)15/h2-6,9,15-16H,7-8,10-11H2,1H3,(H,21,22)/t15-,16-/m0/s1. The number of aryl methyl sites for hydroxylation is 1. The van der Waals surface area contributed by atoms with Gasteiger partial charge in [-0.2, -0.15) is 0 Å². The summed E-state index contributed by atoms with van der Waals surface area (Å²) in [6, 6.07) is 9.96. The third-order valence-corrected chi connectivity index (χ3v) is 5.35. The fourth-order valence-electron chi connectivity index (χ4n) is 3.92. The number of carbonyl (C=O) groups is 1. The summed E-state index contributed by atoms with van der Waals surface area (Å²) in [7, 11) is 0. The first-order valence-corrected chi connectivity index (χ1v) is 9.12. The molecule has 8 heteroatoms. The van der Waals surface area contributed by atoms with E-state index in [-0.39, 0.29) is 18.1 Å². The van der Waals surface area contributed by atoms with Crippen molar-refractivity contribution in [1.82, 2.24) is 29.9 Å². The minimum Gasteiger partial charge on any atom is -0.368 e. The highest BCUT2D eigenvalue weighted by atomic mass is 16.5. The molecule has 2 aromatic heterocycles. The molecule has 27 heavy (non-hydrogen) atoms. The summed E-state index contributed by atoms with van der Waals surface area (Å²) in [5, 5.41) is 8.16. The quantitative estimate of drug-likeness (QED) is 0.751. The Hall–Kier alpha value is -3.00. The number of ether oxygens (including phenoxy) is 1. The summed E-state index contributed by atoms with van der Waals surface area (Å²) in [5.41, 5.74) is 3.22. The lowest BCUT2D eigenvalue weighted by atomic mass is 10.00. The molecule has 0 spiro atoms. The fraction of sp³-hybridized carbons (Fsp3) is 0.368. The zero-order chi connectivity index (χ0) is 18.4. The van der Waals surface area contributed by atoms with E-state index in [0.29, 0.717) is 31.2 Å². The van der Waals surface area contributed by atoms with E-state index < -0.39 is 0 Å². The predicted octanol–water partition coefficient (Wildman–Crippen LogP) is 1.96. The van der Waals surface area contributed by atoms with E-state index in [1.54, 1.807) is 6.20 Å². The van der Waals surface area contributed by atoms with Gasteiger partial charge in [0.15, 0.2) is 0 Å². The smallest absolute Gasteiger partial charge is 0.274 e. The van der Waals surface area contributed by atoms with Gasteiger partial charge in [0.2, 0.25) is 0 Å². The minimum atomic E-state index is -0.0651. The first-order valence-electron chi connectivity index (χ1n) is 9.12. The van der Waals surface area contributed by atoms with Gasteiger partial charge in [0.1, 0.15) is 11.5 Å². The number of nitrogens with zero attached hydrogens (tertiary/aromatic N) is 5. The van der Waals surface area contributed by atoms with E-state index in [1.165, 1.54) is 0 Å². The Labute approximate surface area is 156 Å². The molecule has 138 valence electrons. The fourth-order valence-corrected chi connectivity index (χ4v) is 3.92. The minimum absolute atomic E-state index is 0.0580. The monoisotopic (exact) mass is 364 g/mol. The number of fused-ring (bicyclic) bond motifs is 3. The summed E-state index contributed by atoms with van der Waals surface area (Å²) in [6.07, 6.45) is 2.47. The number of aromatic amines is 1. The molecular weight excluding hydrogens is 344 g/mol. The van der Waals surface area contributed by atoms with Crippen molar-refractivity contribution < 1.29 is 9.53 Å². The SMILES string of the molecule is Cc1[nH]c(-c2ccccc2)nc1C(=O)N1CC[C@H]2[C@H](C1)OCc1cnnn12. The van der Waals surface area contributed by atoms with E-state index in [1.807, 2.05) is 46.8 Å². The van der Waals surface area contributed by atoms with Crippen molar-refractivity contribution in [2.75, 3.05) is 13.1 Å². The molecule has 0 aliphatic carbocycles. The number of hydrogen-bond acceptors (Lipinski definition) is 5. The first-order chi connectivity index (χ1) is 13.2. The number of rotatable bonds is 2. The van der Waals surface area contributed by atoms with Crippen molar-refractivity contribution >= 4 is 5.91 Å². The molecule has 0 bridgehead atoms. The average Bonchev–Trinajstić information content (AvgIpc) is 3.34. The molecule has 2 aliphatic rings. The first kappa shape index (κ1) is 16.2. The number of carbonyl (C=O) groups excluding carboxylic acids is 1. The van der Waals surface area contributed by atoms with E-state index in [0.717, 1.165) is 23.4 Å². The lowest BCUT2D eigenvalue weighted by Crippen LogP contribution is -2.50. The van der Waals surface area contributed by atoms with Gasteiger partial charge in [0.25, 0.3) is 5.91 Å². The molecule has 8 nitrogen and oxygen atoms in total. The van der Waals surface area contributed by atoms with Crippen LogP contribution in [0, 0.1) is 6.92 Å². The normalized spacial score (nSPS) is 21.6. The average molecular weight is 364 g/mol. The lowest BCUT2D eigenvalue weighted by Gasteiger charge is -2.40. The number of nitrogens with one attached hydrogen (secondary N) is 1. The summed E-state index contributed by atoms with van der Waals surface area (Å²) in [6.45, 7) is 3.55. The number of aromatic nitrogens is 5. The molecule has 2 atom stereocenters. The number of piperidine rings is 1. The maximum absolute atomic E-state index is 13.1. The molecule has 1 fully saturated rings. The van der Waals surface area contributed by atoms with Crippen LogP contribution in [0.2, 0.25) is 0 Å². The Balaban J connectivity index is 1.36. The summed E-state index contributed by atoms with van der Waals surface area (Å²) in [4.78, 5) is 22.7. The van der Waals surface area contributed by atoms with Crippen LogP contribution in [0.4, 0.5) is 0 Å². The molecule has 2 aliphatic heterocycles. The molecule has 1 amide bonds. The maximum Gasteiger partial charge on any atom is 0.274 e. The van der Waals surface area contributed by atoms with Gasteiger partial charge in [0.05, 0.1) is 30.6 Å². The van der Waals surface area contributed by atoms with Gasteiger partial charge in [-0.05, 0) is 13.3 Å². The van der Waals surface area contributed by atoms with Crippen LogP contribution < -0.4 is 0 Å². The van der Waals surface area contributed by atoms with Crippen LogP contribution in [0.1, 0.15) is 34.3 Å². The summed E-state index contributed by atoms with van der Waals surface area (Å²) >= 11 is 0. The largest absolute Gasteiger partial charge is 0.368 e. The Morgan fingerprint density at radius 2 is 2.15 bits per heavy atom. The van der Waals surface area contributed by atoms with Crippen LogP contribution in [-0.4, -0.2) is 55.0 Å². The van der Waals surface area contributed by atoms with Crippen molar-refractivity contribution in [3.05, 3.63) is 53.6 Å². The second kappa shape index (κ2) is 6.31.